The smallest absolute Gasteiger partial charge is 0.159 e. The summed E-state index contributed by atoms with van der Waals surface area (Å²) >= 11 is 0. The Morgan fingerprint density at radius 3 is 2.28 bits per heavy atom. The van der Waals surface area contributed by atoms with Gasteiger partial charge in [-0.1, -0.05) is 109 Å². The van der Waals surface area contributed by atoms with Gasteiger partial charge in [0.25, 0.3) is 0 Å². The molecule has 0 spiro atoms. The summed E-state index contributed by atoms with van der Waals surface area (Å²) in [5.74, 6) is 2.81. The number of hydrogen-bond donors (Lipinski definition) is 0. The molecule has 0 N–H and O–H groups in total. The van der Waals surface area contributed by atoms with Crippen molar-refractivity contribution in [1.29, 1.82) is 0 Å². The van der Waals surface area contributed by atoms with Gasteiger partial charge in [0.2, 0.25) is 0 Å². The summed E-state index contributed by atoms with van der Waals surface area (Å²) in [6.45, 7) is 3.07. The Hall–Kier alpha value is -2.42. The molecule has 4 rings (SSSR count). The van der Waals surface area contributed by atoms with Crippen molar-refractivity contribution in [1.82, 2.24) is 9.97 Å². The average molecular weight is 487 g/mol. The first-order valence-electron chi connectivity index (χ1n) is 14.8. The number of aromatic nitrogens is 2. The van der Waals surface area contributed by atoms with E-state index in [1.165, 1.54) is 106 Å². The third kappa shape index (κ3) is 8.61. The molecule has 0 amide bonds. The number of benzene rings is 2. The van der Waals surface area contributed by atoms with Crippen molar-refractivity contribution < 1.29 is 4.74 Å². The van der Waals surface area contributed by atoms with Crippen molar-refractivity contribution in [2.75, 3.05) is 6.61 Å². The number of unbranched alkanes of at least 4 members (excludes halogenated alkanes) is 8. The van der Waals surface area contributed by atoms with Crippen LogP contribution in [0, 0.1) is 5.92 Å². The minimum Gasteiger partial charge on any atom is -0.494 e. The van der Waals surface area contributed by atoms with Crippen LogP contribution in [0.4, 0.5) is 0 Å². The molecule has 3 nitrogen and oxygen atoms in total. The molecule has 1 fully saturated rings. The van der Waals surface area contributed by atoms with Gasteiger partial charge >= 0.3 is 0 Å². The van der Waals surface area contributed by atoms with E-state index in [0.717, 1.165) is 42.5 Å². The average Bonchev–Trinajstić information content (AvgIpc) is 3.44. The van der Waals surface area contributed by atoms with Gasteiger partial charge in [-0.3, -0.25) is 0 Å². The normalized spacial score (nSPS) is 14.0. The summed E-state index contributed by atoms with van der Waals surface area (Å²) in [4.78, 5) is 9.30. The van der Waals surface area contributed by atoms with Gasteiger partial charge in [0.1, 0.15) is 5.75 Å². The van der Waals surface area contributed by atoms with E-state index >= 15 is 0 Å². The van der Waals surface area contributed by atoms with Gasteiger partial charge in [-0.15, -0.1) is 0 Å². The van der Waals surface area contributed by atoms with Gasteiger partial charge in [-0.25, -0.2) is 9.97 Å². The van der Waals surface area contributed by atoms with E-state index in [2.05, 4.69) is 53.3 Å². The lowest BCUT2D eigenvalue weighted by atomic mass is 9.99. The summed E-state index contributed by atoms with van der Waals surface area (Å²) in [7, 11) is 0. The van der Waals surface area contributed by atoms with Crippen LogP contribution in [0.3, 0.4) is 0 Å². The molecule has 36 heavy (non-hydrogen) atoms. The summed E-state index contributed by atoms with van der Waals surface area (Å²) in [6, 6.07) is 12.9. The summed E-state index contributed by atoms with van der Waals surface area (Å²) < 4.78 is 6.06. The van der Waals surface area contributed by atoms with Crippen LogP contribution in [0.15, 0.2) is 48.8 Å². The zero-order valence-electron chi connectivity index (χ0n) is 22.5. The van der Waals surface area contributed by atoms with Crippen LogP contribution >= 0.6 is 0 Å². The molecule has 2 aromatic carbocycles. The first-order chi connectivity index (χ1) is 17.8. The lowest BCUT2D eigenvalue weighted by molar-refractivity contribution is 0.304. The monoisotopic (exact) mass is 486 g/mol. The fourth-order valence-electron chi connectivity index (χ4n) is 5.57. The molecule has 1 aromatic heterocycles. The number of ether oxygens (including phenoxy) is 1. The molecule has 1 heterocycles. The minimum absolute atomic E-state index is 0.801. The van der Waals surface area contributed by atoms with Crippen molar-refractivity contribution in [2.24, 2.45) is 5.92 Å². The molecule has 0 radical (unpaired) electrons. The standard InChI is InChI=1S/C33H46N2O/c1-2-3-4-6-10-17-28-25-34-33(35-26-28)31-19-18-30-24-32(21-20-29(30)23-31)36-22-13-8-5-7-9-14-27-15-11-12-16-27/h18-21,23-27H,2-17,22H2,1H3. The number of aryl methyl sites for hydroxylation is 1. The van der Waals surface area contributed by atoms with Crippen LogP contribution in [0.1, 0.15) is 109 Å². The van der Waals surface area contributed by atoms with Crippen LogP contribution in [0.25, 0.3) is 22.2 Å². The van der Waals surface area contributed by atoms with Gasteiger partial charge in [0.15, 0.2) is 5.82 Å². The predicted octanol–water partition coefficient (Wildman–Crippen LogP) is 9.72. The topological polar surface area (TPSA) is 35.0 Å². The largest absolute Gasteiger partial charge is 0.494 e. The third-order valence-electron chi connectivity index (χ3n) is 7.84. The molecular weight excluding hydrogens is 440 g/mol. The summed E-state index contributed by atoms with van der Waals surface area (Å²) in [5, 5.41) is 2.40. The molecule has 0 bridgehead atoms. The molecule has 0 unspecified atom stereocenters. The summed E-state index contributed by atoms with van der Waals surface area (Å²) in [5.41, 5.74) is 2.31. The zero-order valence-corrected chi connectivity index (χ0v) is 22.5. The van der Waals surface area contributed by atoms with Crippen LogP contribution < -0.4 is 4.74 Å². The van der Waals surface area contributed by atoms with Crippen LogP contribution in [0.2, 0.25) is 0 Å². The molecule has 3 heteroatoms. The number of nitrogens with zero attached hydrogens (tertiary/aromatic N) is 2. The van der Waals surface area contributed by atoms with Gasteiger partial charge in [0, 0.05) is 18.0 Å². The highest BCUT2D eigenvalue weighted by molar-refractivity contribution is 5.87. The fraction of sp³-hybridized carbons (Fsp3) is 0.576. The summed E-state index contributed by atoms with van der Waals surface area (Å²) in [6.07, 6.45) is 25.5. The van der Waals surface area contributed by atoms with Gasteiger partial charge in [-0.05, 0) is 59.7 Å². The van der Waals surface area contributed by atoms with Crippen LogP contribution in [-0.4, -0.2) is 16.6 Å². The second kappa shape index (κ2) is 15.0. The highest BCUT2D eigenvalue weighted by Gasteiger charge is 2.13. The number of rotatable bonds is 16. The Kier molecular flexibility index (Phi) is 11.1. The maximum Gasteiger partial charge on any atom is 0.159 e. The molecule has 194 valence electrons. The molecule has 1 saturated carbocycles. The molecule has 0 saturated heterocycles. The van der Waals surface area contributed by atoms with Gasteiger partial charge < -0.3 is 4.74 Å². The highest BCUT2D eigenvalue weighted by Crippen LogP contribution is 2.29. The van der Waals surface area contributed by atoms with E-state index in [0.29, 0.717) is 0 Å². The van der Waals surface area contributed by atoms with Crippen molar-refractivity contribution in [3.8, 4) is 17.1 Å². The van der Waals surface area contributed by atoms with E-state index in [-0.39, 0.29) is 0 Å². The van der Waals surface area contributed by atoms with Crippen molar-refractivity contribution in [3.05, 3.63) is 54.4 Å². The Morgan fingerprint density at radius 2 is 1.44 bits per heavy atom. The second-order valence-electron chi connectivity index (χ2n) is 10.9. The van der Waals surface area contributed by atoms with E-state index < -0.39 is 0 Å². The minimum atomic E-state index is 0.801. The lowest BCUT2D eigenvalue weighted by Gasteiger charge is -2.09. The first kappa shape index (κ1) is 26.6. The molecule has 0 atom stereocenters. The SMILES string of the molecule is CCCCCCCc1cnc(-c2ccc3cc(OCCCCCCCC4CCCC4)ccc3c2)nc1. The van der Waals surface area contributed by atoms with Crippen molar-refractivity contribution in [3.63, 3.8) is 0 Å². The van der Waals surface area contributed by atoms with E-state index in [1.54, 1.807) is 0 Å². The first-order valence-corrected chi connectivity index (χ1v) is 14.8. The maximum atomic E-state index is 6.06. The molecule has 3 aromatic rings. The molecule has 0 aliphatic heterocycles. The number of hydrogen-bond acceptors (Lipinski definition) is 3. The molecule has 1 aliphatic carbocycles. The van der Waals surface area contributed by atoms with E-state index in [9.17, 15) is 0 Å². The van der Waals surface area contributed by atoms with Crippen molar-refractivity contribution >= 4 is 10.8 Å². The van der Waals surface area contributed by atoms with E-state index in [4.69, 9.17) is 4.74 Å². The highest BCUT2D eigenvalue weighted by atomic mass is 16.5. The Labute approximate surface area is 219 Å². The predicted molar refractivity (Wildman–Crippen MR) is 153 cm³/mol. The molecule has 1 aliphatic rings. The maximum absolute atomic E-state index is 6.06. The molecular formula is C33H46N2O. The van der Waals surface area contributed by atoms with E-state index in [1.807, 2.05) is 12.4 Å². The van der Waals surface area contributed by atoms with Crippen LogP contribution in [-0.2, 0) is 6.42 Å². The second-order valence-corrected chi connectivity index (χ2v) is 10.9. The number of fused-ring (bicyclic) bond motifs is 1. The van der Waals surface area contributed by atoms with Crippen LogP contribution in [0.5, 0.6) is 5.75 Å². The van der Waals surface area contributed by atoms with Gasteiger partial charge in [0.05, 0.1) is 6.61 Å². The van der Waals surface area contributed by atoms with Crippen molar-refractivity contribution in [2.45, 2.75) is 110 Å². The zero-order chi connectivity index (χ0) is 24.8. The fourth-order valence-corrected chi connectivity index (χ4v) is 5.57. The lowest BCUT2D eigenvalue weighted by Crippen LogP contribution is -1.98. The Bertz CT molecular complexity index is 1020. The van der Waals surface area contributed by atoms with Gasteiger partial charge in [-0.2, -0.15) is 0 Å². The Morgan fingerprint density at radius 1 is 0.750 bits per heavy atom. The third-order valence-corrected chi connectivity index (χ3v) is 7.84. The quantitative estimate of drug-likeness (QED) is 0.189. The Balaban J connectivity index is 1.18.